The molecule has 0 amide bonds. The van der Waals surface area contributed by atoms with E-state index in [0.29, 0.717) is 17.5 Å². The first-order valence-electron chi connectivity index (χ1n) is 6.80. The Morgan fingerprint density at radius 3 is 2.65 bits per heavy atom. The van der Waals surface area contributed by atoms with Crippen molar-refractivity contribution in [3.8, 4) is 0 Å². The van der Waals surface area contributed by atoms with Gasteiger partial charge in [-0.2, -0.15) is 0 Å². The fraction of sp³-hybridized carbons (Fsp3) is 0.571. The number of halogens is 1. The van der Waals surface area contributed by atoms with E-state index in [9.17, 15) is 15.2 Å². The molecule has 1 aliphatic rings. The van der Waals surface area contributed by atoms with Gasteiger partial charge in [0.05, 0.1) is 16.0 Å². The third-order valence-corrected chi connectivity index (χ3v) is 4.31. The van der Waals surface area contributed by atoms with Gasteiger partial charge in [0.1, 0.15) is 0 Å². The van der Waals surface area contributed by atoms with Crippen molar-refractivity contribution in [1.82, 2.24) is 4.90 Å². The van der Waals surface area contributed by atoms with Gasteiger partial charge in [-0.15, -0.1) is 0 Å². The van der Waals surface area contributed by atoms with Crippen molar-refractivity contribution in [3.05, 3.63) is 38.9 Å². The standard InChI is InChI=1S/C14H19ClN2O3/c1-10(18)11-4-6-16(7-5-11)9-12-2-3-13(17(19)20)8-14(12)15/h2-3,8,10-11,18H,4-7,9H2,1H3. The molecule has 1 aliphatic heterocycles. The van der Waals surface area contributed by atoms with Gasteiger partial charge in [0.15, 0.2) is 0 Å². The van der Waals surface area contributed by atoms with E-state index in [1.54, 1.807) is 6.07 Å². The highest BCUT2D eigenvalue weighted by molar-refractivity contribution is 6.31. The Morgan fingerprint density at radius 2 is 2.15 bits per heavy atom. The molecule has 110 valence electrons. The fourth-order valence-corrected chi connectivity index (χ4v) is 2.85. The molecule has 0 saturated carbocycles. The third-order valence-electron chi connectivity index (χ3n) is 3.96. The van der Waals surface area contributed by atoms with Crippen molar-refractivity contribution in [2.24, 2.45) is 5.92 Å². The van der Waals surface area contributed by atoms with E-state index in [4.69, 9.17) is 11.6 Å². The van der Waals surface area contributed by atoms with Gasteiger partial charge in [0.25, 0.3) is 5.69 Å². The predicted octanol–water partition coefficient (Wildman–Crippen LogP) is 2.84. The first-order chi connectivity index (χ1) is 9.47. The molecule has 1 unspecified atom stereocenters. The Morgan fingerprint density at radius 1 is 1.50 bits per heavy atom. The van der Waals surface area contributed by atoms with Gasteiger partial charge in [-0.25, -0.2) is 0 Å². The summed E-state index contributed by atoms with van der Waals surface area (Å²) in [5.74, 6) is 0.374. The van der Waals surface area contributed by atoms with Gasteiger partial charge in [-0.1, -0.05) is 11.6 Å². The number of non-ortho nitro benzene ring substituents is 1. The molecule has 0 spiro atoms. The summed E-state index contributed by atoms with van der Waals surface area (Å²) in [5.41, 5.74) is 0.930. The molecule has 1 N–H and O–H groups in total. The number of benzene rings is 1. The molecular weight excluding hydrogens is 280 g/mol. The van der Waals surface area contributed by atoms with Gasteiger partial charge < -0.3 is 5.11 Å². The van der Waals surface area contributed by atoms with Crippen LogP contribution in [0.15, 0.2) is 18.2 Å². The van der Waals surface area contributed by atoms with Crippen LogP contribution in [0.5, 0.6) is 0 Å². The van der Waals surface area contributed by atoms with E-state index < -0.39 is 4.92 Å². The van der Waals surface area contributed by atoms with Crippen molar-refractivity contribution in [2.75, 3.05) is 13.1 Å². The van der Waals surface area contributed by atoms with Crippen LogP contribution >= 0.6 is 11.6 Å². The van der Waals surface area contributed by atoms with E-state index in [1.807, 2.05) is 6.92 Å². The minimum atomic E-state index is -0.441. The SMILES string of the molecule is CC(O)C1CCN(Cc2ccc([N+](=O)[O-])cc2Cl)CC1. The number of aliphatic hydroxyl groups excluding tert-OH is 1. The molecular formula is C14H19ClN2O3. The molecule has 20 heavy (non-hydrogen) atoms. The molecule has 1 fully saturated rings. The van der Waals surface area contributed by atoms with Crippen LogP contribution in [0.3, 0.4) is 0 Å². The molecule has 0 bridgehead atoms. The molecule has 6 heteroatoms. The second-order valence-electron chi connectivity index (χ2n) is 5.39. The van der Waals surface area contributed by atoms with Gasteiger partial charge in [-0.05, 0) is 50.4 Å². The number of likely N-dealkylation sites (tertiary alicyclic amines) is 1. The minimum Gasteiger partial charge on any atom is -0.393 e. The average molecular weight is 299 g/mol. The van der Waals surface area contributed by atoms with Crippen LogP contribution in [-0.4, -0.2) is 34.1 Å². The first kappa shape index (κ1) is 15.2. The molecule has 1 aromatic carbocycles. The smallest absolute Gasteiger partial charge is 0.270 e. The normalized spacial score (nSPS) is 18.9. The molecule has 0 aromatic heterocycles. The Kier molecular flexibility index (Phi) is 4.96. The highest BCUT2D eigenvalue weighted by atomic mass is 35.5. The van der Waals surface area contributed by atoms with E-state index in [-0.39, 0.29) is 11.8 Å². The topological polar surface area (TPSA) is 66.6 Å². The van der Waals surface area contributed by atoms with Crippen LogP contribution in [0, 0.1) is 16.0 Å². The second kappa shape index (κ2) is 6.52. The summed E-state index contributed by atoms with van der Waals surface area (Å²) in [6, 6.07) is 4.62. The highest BCUT2D eigenvalue weighted by Gasteiger charge is 2.23. The van der Waals surface area contributed by atoms with Crippen LogP contribution in [0.4, 0.5) is 5.69 Å². The highest BCUT2D eigenvalue weighted by Crippen LogP contribution is 2.26. The molecule has 5 nitrogen and oxygen atoms in total. The number of piperidine rings is 1. The maximum absolute atomic E-state index is 10.7. The second-order valence-corrected chi connectivity index (χ2v) is 5.79. The number of hydrogen-bond acceptors (Lipinski definition) is 4. The Bertz CT molecular complexity index is 485. The fourth-order valence-electron chi connectivity index (χ4n) is 2.61. The number of rotatable bonds is 4. The molecule has 2 rings (SSSR count). The van der Waals surface area contributed by atoms with Gasteiger partial charge in [0, 0.05) is 18.7 Å². The molecule has 1 atom stereocenters. The summed E-state index contributed by atoms with van der Waals surface area (Å²) in [6.45, 7) is 4.38. The Labute approximate surface area is 123 Å². The van der Waals surface area contributed by atoms with Gasteiger partial charge >= 0.3 is 0 Å². The monoisotopic (exact) mass is 298 g/mol. The summed E-state index contributed by atoms with van der Waals surface area (Å²) in [5, 5.41) is 20.7. The zero-order valence-corrected chi connectivity index (χ0v) is 12.2. The van der Waals surface area contributed by atoms with Crippen molar-refractivity contribution in [2.45, 2.75) is 32.4 Å². The molecule has 1 saturated heterocycles. The molecule has 1 heterocycles. The van der Waals surface area contributed by atoms with Crippen molar-refractivity contribution < 1.29 is 10.0 Å². The van der Waals surface area contributed by atoms with Crippen molar-refractivity contribution >= 4 is 17.3 Å². The van der Waals surface area contributed by atoms with Gasteiger partial charge in [-0.3, -0.25) is 15.0 Å². The lowest BCUT2D eigenvalue weighted by Crippen LogP contribution is -2.36. The van der Waals surface area contributed by atoms with Crippen LogP contribution < -0.4 is 0 Å². The van der Waals surface area contributed by atoms with Crippen LogP contribution in [0.1, 0.15) is 25.3 Å². The Balaban J connectivity index is 1.96. The summed E-state index contributed by atoms with van der Waals surface area (Å²) in [7, 11) is 0. The van der Waals surface area contributed by atoms with Crippen LogP contribution in [0.2, 0.25) is 5.02 Å². The number of nitro groups is 1. The zero-order chi connectivity index (χ0) is 14.7. The number of nitrogens with zero attached hydrogens (tertiary/aromatic N) is 2. The lowest BCUT2D eigenvalue weighted by Gasteiger charge is -2.33. The summed E-state index contributed by atoms with van der Waals surface area (Å²) in [6.07, 6.45) is 1.70. The van der Waals surface area contributed by atoms with Crippen LogP contribution in [0.25, 0.3) is 0 Å². The largest absolute Gasteiger partial charge is 0.393 e. The lowest BCUT2D eigenvalue weighted by atomic mass is 9.92. The van der Waals surface area contributed by atoms with Crippen molar-refractivity contribution in [3.63, 3.8) is 0 Å². The zero-order valence-electron chi connectivity index (χ0n) is 11.5. The average Bonchev–Trinajstić information content (AvgIpc) is 2.41. The molecule has 0 aliphatic carbocycles. The van der Waals surface area contributed by atoms with Crippen molar-refractivity contribution in [1.29, 1.82) is 0 Å². The minimum absolute atomic E-state index is 0.0200. The predicted molar refractivity (Wildman–Crippen MR) is 77.8 cm³/mol. The van der Waals surface area contributed by atoms with Crippen LogP contribution in [-0.2, 0) is 6.54 Å². The van der Waals surface area contributed by atoms with E-state index in [0.717, 1.165) is 31.5 Å². The third kappa shape index (κ3) is 3.69. The summed E-state index contributed by atoms with van der Waals surface area (Å²) >= 11 is 6.10. The molecule has 1 aromatic rings. The van der Waals surface area contributed by atoms with E-state index >= 15 is 0 Å². The van der Waals surface area contributed by atoms with E-state index in [1.165, 1.54) is 12.1 Å². The summed E-state index contributed by atoms with van der Waals surface area (Å²) < 4.78 is 0. The van der Waals surface area contributed by atoms with E-state index in [2.05, 4.69) is 4.90 Å². The maximum atomic E-state index is 10.7. The number of hydrogen-bond donors (Lipinski definition) is 1. The maximum Gasteiger partial charge on any atom is 0.270 e. The lowest BCUT2D eigenvalue weighted by molar-refractivity contribution is -0.384. The summed E-state index contributed by atoms with van der Waals surface area (Å²) in [4.78, 5) is 12.5. The Hall–Kier alpha value is -1.17. The number of nitro benzene ring substituents is 1. The quantitative estimate of drug-likeness (QED) is 0.685. The number of aliphatic hydroxyl groups is 1. The molecule has 0 radical (unpaired) electrons. The first-order valence-corrected chi connectivity index (χ1v) is 7.18. The van der Waals surface area contributed by atoms with Gasteiger partial charge in [0.2, 0.25) is 0 Å².